The van der Waals surface area contributed by atoms with Gasteiger partial charge in [-0.25, -0.2) is 9.59 Å². The molecule has 4 N–H and O–H groups in total. The number of ether oxygens (including phenoxy) is 3. The minimum Gasteiger partial charge on any atom is -0.494 e. The molecule has 0 bridgehead atoms. The lowest BCUT2D eigenvalue weighted by molar-refractivity contribution is -0.130. The first kappa shape index (κ1) is 26.0. The molecule has 186 valence electrons. The Labute approximate surface area is 209 Å². The van der Waals surface area contributed by atoms with Crippen molar-refractivity contribution in [2.45, 2.75) is 19.8 Å². The summed E-state index contributed by atoms with van der Waals surface area (Å²) in [4.78, 5) is 36.4. The maximum atomic E-state index is 12.7. The van der Waals surface area contributed by atoms with E-state index in [4.69, 9.17) is 25.7 Å². The Morgan fingerprint density at radius 3 is 1.83 bits per heavy atom. The molecule has 0 saturated heterocycles. The van der Waals surface area contributed by atoms with Gasteiger partial charge in [0.25, 0.3) is 0 Å². The Hall–Kier alpha value is -4.59. The molecule has 0 radical (unpaired) electrons. The molecule has 0 aromatic heterocycles. The number of carbonyl (C=O) groups is 3. The summed E-state index contributed by atoms with van der Waals surface area (Å²) in [5.74, 6) is -0.191. The van der Waals surface area contributed by atoms with Crippen molar-refractivity contribution in [3.05, 3.63) is 95.6 Å². The average Bonchev–Trinajstić information content (AvgIpc) is 2.85. The Kier molecular flexibility index (Phi) is 8.83. The Morgan fingerprint density at radius 1 is 0.750 bits per heavy atom. The SMILES string of the molecule is C=C(C)C(=O)Oc1ccc(C(=O)c2ccc(OCCCCOC(=O)c3cc(N)cc(N)c3)cc2)cc1. The summed E-state index contributed by atoms with van der Waals surface area (Å²) in [6.07, 6.45) is 1.30. The van der Waals surface area contributed by atoms with Crippen LogP contribution in [0.25, 0.3) is 0 Å². The van der Waals surface area contributed by atoms with Crippen molar-refractivity contribution < 1.29 is 28.6 Å². The molecular formula is C28H28N2O6. The third-order valence-electron chi connectivity index (χ3n) is 5.05. The number of carbonyl (C=O) groups excluding carboxylic acids is 3. The van der Waals surface area contributed by atoms with Crippen LogP contribution in [-0.2, 0) is 9.53 Å². The number of rotatable bonds is 11. The van der Waals surface area contributed by atoms with Crippen molar-refractivity contribution in [3.63, 3.8) is 0 Å². The Morgan fingerprint density at radius 2 is 1.28 bits per heavy atom. The number of benzene rings is 3. The average molecular weight is 489 g/mol. The van der Waals surface area contributed by atoms with Crippen molar-refractivity contribution >= 4 is 29.1 Å². The third kappa shape index (κ3) is 7.46. The van der Waals surface area contributed by atoms with Crippen LogP contribution < -0.4 is 20.9 Å². The van der Waals surface area contributed by atoms with E-state index in [1.807, 2.05) is 0 Å². The van der Waals surface area contributed by atoms with E-state index >= 15 is 0 Å². The molecule has 0 amide bonds. The zero-order valence-electron chi connectivity index (χ0n) is 20.0. The maximum absolute atomic E-state index is 12.7. The molecule has 3 aromatic rings. The van der Waals surface area contributed by atoms with Gasteiger partial charge in [-0.15, -0.1) is 0 Å². The zero-order chi connectivity index (χ0) is 26.1. The van der Waals surface area contributed by atoms with Crippen LogP contribution in [0.5, 0.6) is 11.5 Å². The summed E-state index contributed by atoms with van der Waals surface area (Å²) in [5.41, 5.74) is 13.8. The molecule has 0 aliphatic rings. The maximum Gasteiger partial charge on any atom is 0.338 e. The van der Waals surface area contributed by atoms with E-state index in [1.165, 1.54) is 12.1 Å². The molecule has 0 atom stereocenters. The standard InChI is InChI=1S/C28H28N2O6/c1-18(2)27(32)36-25-11-7-20(8-12-25)26(31)19-5-9-24(10-6-19)34-13-3-4-14-35-28(33)21-15-22(29)17-23(30)16-21/h5-12,15-17H,1,3-4,13-14,29-30H2,2H3. The number of ketones is 1. The molecule has 0 aliphatic heterocycles. The fourth-order valence-electron chi connectivity index (χ4n) is 3.17. The van der Waals surface area contributed by atoms with Crippen molar-refractivity contribution in [2.75, 3.05) is 24.7 Å². The van der Waals surface area contributed by atoms with E-state index in [9.17, 15) is 14.4 Å². The van der Waals surface area contributed by atoms with Crippen molar-refractivity contribution in [1.82, 2.24) is 0 Å². The highest BCUT2D eigenvalue weighted by Crippen LogP contribution is 2.19. The van der Waals surface area contributed by atoms with Crippen LogP contribution in [0.3, 0.4) is 0 Å². The lowest BCUT2D eigenvalue weighted by Crippen LogP contribution is -2.09. The molecule has 36 heavy (non-hydrogen) atoms. The normalized spacial score (nSPS) is 10.4. The molecule has 0 unspecified atom stereocenters. The molecule has 0 spiro atoms. The molecule has 8 heteroatoms. The molecule has 8 nitrogen and oxygen atoms in total. The topological polar surface area (TPSA) is 131 Å². The first-order chi connectivity index (χ1) is 17.2. The highest BCUT2D eigenvalue weighted by Gasteiger charge is 2.11. The van der Waals surface area contributed by atoms with Gasteiger partial charge in [-0.3, -0.25) is 4.79 Å². The van der Waals surface area contributed by atoms with E-state index < -0.39 is 11.9 Å². The van der Waals surface area contributed by atoms with Gasteiger partial charge in [0.2, 0.25) is 0 Å². The molecular weight excluding hydrogens is 460 g/mol. The van der Waals surface area contributed by atoms with Crippen LogP contribution in [-0.4, -0.2) is 30.9 Å². The predicted molar refractivity (Wildman–Crippen MR) is 137 cm³/mol. The van der Waals surface area contributed by atoms with Gasteiger partial charge < -0.3 is 25.7 Å². The van der Waals surface area contributed by atoms with Gasteiger partial charge in [0.05, 0.1) is 18.8 Å². The van der Waals surface area contributed by atoms with E-state index in [1.54, 1.807) is 61.5 Å². The Bertz CT molecular complexity index is 1230. The summed E-state index contributed by atoms with van der Waals surface area (Å²) < 4.78 is 16.1. The van der Waals surface area contributed by atoms with E-state index in [0.29, 0.717) is 64.6 Å². The van der Waals surface area contributed by atoms with Gasteiger partial charge in [0.1, 0.15) is 11.5 Å². The minimum atomic E-state index is -0.519. The number of hydrogen-bond donors (Lipinski definition) is 2. The number of nitrogen functional groups attached to an aromatic ring is 2. The third-order valence-corrected chi connectivity index (χ3v) is 5.05. The molecule has 0 heterocycles. The largest absolute Gasteiger partial charge is 0.494 e. The van der Waals surface area contributed by atoms with E-state index in [0.717, 1.165) is 0 Å². The lowest BCUT2D eigenvalue weighted by Gasteiger charge is -2.09. The molecule has 0 aliphatic carbocycles. The van der Waals surface area contributed by atoms with Gasteiger partial charge in [0.15, 0.2) is 5.78 Å². The molecule has 0 saturated carbocycles. The molecule has 0 fully saturated rings. The van der Waals surface area contributed by atoms with Crippen LogP contribution in [0.15, 0.2) is 78.9 Å². The van der Waals surface area contributed by atoms with Crippen LogP contribution in [0.1, 0.15) is 46.0 Å². The quantitative estimate of drug-likeness (QED) is 0.100. The summed E-state index contributed by atoms with van der Waals surface area (Å²) in [6, 6.07) is 17.8. The lowest BCUT2D eigenvalue weighted by atomic mass is 10.0. The highest BCUT2D eigenvalue weighted by molar-refractivity contribution is 6.09. The molecule has 3 rings (SSSR count). The number of anilines is 2. The second-order valence-corrected chi connectivity index (χ2v) is 8.13. The highest BCUT2D eigenvalue weighted by atomic mass is 16.5. The minimum absolute atomic E-state index is 0.164. The second kappa shape index (κ2) is 12.2. The molecule has 3 aromatic carbocycles. The van der Waals surface area contributed by atoms with E-state index in [2.05, 4.69) is 6.58 Å². The fraction of sp³-hybridized carbons (Fsp3) is 0.179. The Balaban J connectivity index is 1.40. The fourth-order valence-corrected chi connectivity index (χ4v) is 3.17. The van der Waals surface area contributed by atoms with Crippen molar-refractivity contribution in [3.8, 4) is 11.5 Å². The number of unbranched alkanes of at least 4 members (excludes halogenated alkanes) is 1. The van der Waals surface area contributed by atoms with Crippen LogP contribution >= 0.6 is 0 Å². The van der Waals surface area contributed by atoms with Crippen LogP contribution in [0, 0.1) is 0 Å². The second-order valence-electron chi connectivity index (χ2n) is 8.13. The van der Waals surface area contributed by atoms with Crippen LogP contribution in [0.4, 0.5) is 11.4 Å². The van der Waals surface area contributed by atoms with Crippen LogP contribution in [0.2, 0.25) is 0 Å². The smallest absolute Gasteiger partial charge is 0.338 e. The van der Waals surface area contributed by atoms with Gasteiger partial charge in [-0.2, -0.15) is 0 Å². The monoisotopic (exact) mass is 488 g/mol. The van der Waals surface area contributed by atoms with Gasteiger partial charge in [-0.1, -0.05) is 6.58 Å². The van der Waals surface area contributed by atoms with E-state index in [-0.39, 0.29) is 12.4 Å². The van der Waals surface area contributed by atoms with Gasteiger partial charge in [0, 0.05) is 28.1 Å². The summed E-state index contributed by atoms with van der Waals surface area (Å²) in [7, 11) is 0. The number of esters is 2. The zero-order valence-corrected chi connectivity index (χ0v) is 20.0. The number of hydrogen-bond acceptors (Lipinski definition) is 8. The number of nitrogens with two attached hydrogens (primary N) is 2. The van der Waals surface area contributed by atoms with Gasteiger partial charge >= 0.3 is 11.9 Å². The summed E-state index contributed by atoms with van der Waals surface area (Å²) in [6.45, 7) is 5.77. The predicted octanol–water partition coefficient (Wildman–Crippen LogP) is 4.58. The van der Waals surface area contributed by atoms with Crippen molar-refractivity contribution in [2.24, 2.45) is 0 Å². The first-order valence-corrected chi connectivity index (χ1v) is 11.3. The summed E-state index contributed by atoms with van der Waals surface area (Å²) >= 11 is 0. The summed E-state index contributed by atoms with van der Waals surface area (Å²) in [5, 5.41) is 0. The van der Waals surface area contributed by atoms with Crippen molar-refractivity contribution in [1.29, 1.82) is 0 Å². The first-order valence-electron chi connectivity index (χ1n) is 11.3. The van der Waals surface area contributed by atoms with Gasteiger partial charge in [-0.05, 0) is 86.5 Å².